The molecule has 130 valence electrons. The molecule has 1 heterocycles. The standard InChI is InChI=1S/C19H21N3O3/c1-13-5-6-15(11-14(13)2)20-19(23)17-12-16(22(24)25)7-8-18(17)21-9-3-4-10-21/h5-8,11-12H,3-4,9-10H2,1-2H3,(H,20,23). The van der Waals surface area contributed by atoms with Crippen molar-refractivity contribution in [2.75, 3.05) is 23.3 Å². The molecule has 0 aliphatic carbocycles. The predicted molar refractivity (Wildman–Crippen MR) is 98.4 cm³/mol. The zero-order chi connectivity index (χ0) is 18.0. The molecule has 1 aliphatic heterocycles. The largest absolute Gasteiger partial charge is 0.371 e. The zero-order valence-electron chi connectivity index (χ0n) is 14.4. The summed E-state index contributed by atoms with van der Waals surface area (Å²) in [4.78, 5) is 25.5. The Bertz CT molecular complexity index is 827. The quantitative estimate of drug-likeness (QED) is 0.673. The number of rotatable bonds is 4. The molecule has 2 aromatic rings. The summed E-state index contributed by atoms with van der Waals surface area (Å²) in [7, 11) is 0. The van der Waals surface area contributed by atoms with Crippen LogP contribution in [0.3, 0.4) is 0 Å². The molecule has 1 fully saturated rings. The number of benzene rings is 2. The fourth-order valence-corrected chi connectivity index (χ4v) is 3.07. The van der Waals surface area contributed by atoms with Gasteiger partial charge in [-0.05, 0) is 56.0 Å². The first-order valence-electron chi connectivity index (χ1n) is 8.38. The smallest absolute Gasteiger partial charge is 0.270 e. The van der Waals surface area contributed by atoms with Gasteiger partial charge in [-0.25, -0.2) is 0 Å². The minimum atomic E-state index is -0.472. The van der Waals surface area contributed by atoms with Gasteiger partial charge in [0.1, 0.15) is 0 Å². The number of anilines is 2. The van der Waals surface area contributed by atoms with Crippen molar-refractivity contribution in [1.82, 2.24) is 0 Å². The van der Waals surface area contributed by atoms with Gasteiger partial charge in [-0.2, -0.15) is 0 Å². The number of nitrogens with one attached hydrogen (secondary N) is 1. The van der Waals surface area contributed by atoms with E-state index in [0.29, 0.717) is 11.3 Å². The molecule has 1 amide bonds. The van der Waals surface area contributed by atoms with Crippen molar-refractivity contribution in [2.24, 2.45) is 0 Å². The van der Waals surface area contributed by atoms with E-state index >= 15 is 0 Å². The molecule has 0 aromatic heterocycles. The molecule has 2 aromatic carbocycles. The van der Waals surface area contributed by atoms with Crippen molar-refractivity contribution in [3.8, 4) is 0 Å². The lowest BCUT2D eigenvalue weighted by Crippen LogP contribution is -2.23. The van der Waals surface area contributed by atoms with E-state index in [0.717, 1.165) is 42.7 Å². The average Bonchev–Trinajstić information content (AvgIpc) is 3.12. The molecule has 0 unspecified atom stereocenters. The predicted octanol–water partition coefficient (Wildman–Crippen LogP) is 4.06. The maximum atomic E-state index is 12.8. The topological polar surface area (TPSA) is 75.5 Å². The Kier molecular flexibility index (Phi) is 4.70. The number of hydrogen-bond donors (Lipinski definition) is 1. The third kappa shape index (κ3) is 3.63. The molecule has 0 bridgehead atoms. The minimum Gasteiger partial charge on any atom is -0.371 e. The van der Waals surface area contributed by atoms with Gasteiger partial charge in [0.15, 0.2) is 0 Å². The Morgan fingerprint density at radius 2 is 1.80 bits per heavy atom. The van der Waals surface area contributed by atoms with Crippen LogP contribution in [0.25, 0.3) is 0 Å². The van der Waals surface area contributed by atoms with Crippen LogP contribution in [0.5, 0.6) is 0 Å². The fraction of sp³-hybridized carbons (Fsp3) is 0.316. The summed E-state index contributed by atoms with van der Waals surface area (Å²) in [5, 5.41) is 14.0. The second kappa shape index (κ2) is 6.93. The van der Waals surface area contributed by atoms with Gasteiger partial charge in [-0.15, -0.1) is 0 Å². The first-order chi connectivity index (χ1) is 12.0. The van der Waals surface area contributed by atoms with Gasteiger partial charge in [0, 0.05) is 30.9 Å². The second-order valence-corrected chi connectivity index (χ2v) is 6.41. The minimum absolute atomic E-state index is 0.0758. The molecule has 1 saturated heterocycles. The van der Waals surface area contributed by atoms with Crippen molar-refractivity contribution in [2.45, 2.75) is 26.7 Å². The Labute approximate surface area is 146 Å². The highest BCUT2D eigenvalue weighted by molar-refractivity contribution is 6.08. The lowest BCUT2D eigenvalue weighted by molar-refractivity contribution is -0.384. The van der Waals surface area contributed by atoms with Crippen LogP contribution in [-0.4, -0.2) is 23.9 Å². The molecule has 1 N–H and O–H groups in total. The number of aryl methyl sites for hydroxylation is 2. The van der Waals surface area contributed by atoms with Crippen LogP contribution in [0, 0.1) is 24.0 Å². The summed E-state index contributed by atoms with van der Waals surface area (Å²) < 4.78 is 0. The van der Waals surface area contributed by atoms with Crippen LogP contribution in [0.15, 0.2) is 36.4 Å². The van der Waals surface area contributed by atoms with Gasteiger partial charge in [0.05, 0.1) is 16.2 Å². The van der Waals surface area contributed by atoms with Crippen LogP contribution < -0.4 is 10.2 Å². The highest BCUT2D eigenvalue weighted by atomic mass is 16.6. The molecule has 0 spiro atoms. The summed E-state index contributed by atoms with van der Waals surface area (Å²) in [6.07, 6.45) is 2.13. The van der Waals surface area contributed by atoms with Crippen LogP contribution in [0.2, 0.25) is 0 Å². The molecule has 0 saturated carbocycles. The van der Waals surface area contributed by atoms with Crippen molar-refractivity contribution in [3.63, 3.8) is 0 Å². The third-order valence-electron chi connectivity index (χ3n) is 4.65. The Morgan fingerprint density at radius 3 is 2.44 bits per heavy atom. The lowest BCUT2D eigenvalue weighted by Gasteiger charge is -2.21. The van der Waals surface area contributed by atoms with Crippen molar-refractivity contribution >= 4 is 23.0 Å². The maximum Gasteiger partial charge on any atom is 0.270 e. The van der Waals surface area contributed by atoms with Crippen molar-refractivity contribution < 1.29 is 9.72 Å². The van der Waals surface area contributed by atoms with E-state index < -0.39 is 4.92 Å². The van der Waals surface area contributed by atoms with E-state index in [1.807, 2.05) is 32.0 Å². The second-order valence-electron chi connectivity index (χ2n) is 6.41. The normalized spacial score (nSPS) is 13.8. The van der Waals surface area contributed by atoms with Crippen LogP contribution in [-0.2, 0) is 0 Å². The highest BCUT2D eigenvalue weighted by Gasteiger charge is 2.22. The molecule has 6 nitrogen and oxygen atoms in total. The molecular weight excluding hydrogens is 318 g/mol. The molecule has 6 heteroatoms. The van der Waals surface area contributed by atoms with Crippen LogP contribution in [0.4, 0.5) is 17.1 Å². The van der Waals surface area contributed by atoms with Gasteiger partial charge >= 0.3 is 0 Å². The third-order valence-corrected chi connectivity index (χ3v) is 4.65. The van der Waals surface area contributed by atoms with E-state index in [9.17, 15) is 14.9 Å². The fourth-order valence-electron chi connectivity index (χ4n) is 3.07. The number of hydrogen-bond acceptors (Lipinski definition) is 4. The SMILES string of the molecule is Cc1ccc(NC(=O)c2cc([N+](=O)[O-])ccc2N2CCCC2)cc1C. The van der Waals surface area contributed by atoms with Gasteiger partial charge in [0.25, 0.3) is 11.6 Å². The van der Waals surface area contributed by atoms with Gasteiger partial charge in [-0.3, -0.25) is 14.9 Å². The molecule has 3 rings (SSSR count). The van der Waals surface area contributed by atoms with Crippen molar-refractivity contribution in [1.29, 1.82) is 0 Å². The number of carbonyl (C=O) groups excluding carboxylic acids is 1. The van der Waals surface area contributed by atoms with Crippen LogP contribution in [0.1, 0.15) is 34.3 Å². The van der Waals surface area contributed by atoms with E-state index in [4.69, 9.17) is 0 Å². The summed E-state index contributed by atoms with van der Waals surface area (Å²) in [5.74, 6) is -0.325. The van der Waals surface area contributed by atoms with Gasteiger partial charge in [0.2, 0.25) is 0 Å². The van der Waals surface area contributed by atoms with E-state index in [2.05, 4.69) is 10.2 Å². The van der Waals surface area contributed by atoms with Crippen LogP contribution >= 0.6 is 0 Å². The first kappa shape index (κ1) is 17.0. The summed E-state index contributed by atoms with van der Waals surface area (Å²) in [6.45, 7) is 5.71. The van der Waals surface area contributed by atoms with E-state index in [-0.39, 0.29) is 11.6 Å². The van der Waals surface area contributed by atoms with Gasteiger partial charge < -0.3 is 10.2 Å². The Morgan fingerprint density at radius 1 is 1.08 bits per heavy atom. The molecule has 0 radical (unpaired) electrons. The molecule has 1 aliphatic rings. The highest BCUT2D eigenvalue weighted by Crippen LogP contribution is 2.29. The summed E-state index contributed by atoms with van der Waals surface area (Å²) in [5.41, 5.74) is 3.93. The molecule has 0 atom stereocenters. The Balaban J connectivity index is 1.94. The van der Waals surface area contributed by atoms with E-state index in [1.165, 1.54) is 12.1 Å². The number of nitrogens with zero attached hydrogens (tertiary/aromatic N) is 2. The Hall–Kier alpha value is -2.89. The van der Waals surface area contributed by atoms with E-state index in [1.54, 1.807) is 6.07 Å². The monoisotopic (exact) mass is 339 g/mol. The molecule has 25 heavy (non-hydrogen) atoms. The molecular formula is C19H21N3O3. The maximum absolute atomic E-state index is 12.8. The number of carbonyl (C=O) groups is 1. The number of nitro groups is 1. The number of amides is 1. The lowest BCUT2D eigenvalue weighted by atomic mass is 10.1. The zero-order valence-corrected chi connectivity index (χ0v) is 14.4. The summed E-state index contributed by atoms with van der Waals surface area (Å²) >= 11 is 0. The summed E-state index contributed by atoms with van der Waals surface area (Å²) in [6, 6.07) is 10.2. The number of nitro benzene ring substituents is 1. The van der Waals surface area contributed by atoms with Gasteiger partial charge in [-0.1, -0.05) is 6.07 Å². The first-order valence-corrected chi connectivity index (χ1v) is 8.38. The van der Waals surface area contributed by atoms with Crippen molar-refractivity contribution in [3.05, 3.63) is 63.2 Å². The average molecular weight is 339 g/mol. The number of non-ortho nitro benzene ring substituents is 1.